The van der Waals surface area contributed by atoms with Crippen molar-refractivity contribution in [3.05, 3.63) is 29.8 Å². The van der Waals surface area contributed by atoms with Crippen LogP contribution in [0.2, 0.25) is 0 Å². The summed E-state index contributed by atoms with van der Waals surface area (Å²) < 4.78 is 11.1. The van der Waals surface area contributed by atoms with Crippen molar-refractivity contribution in [1.82, 2.24) is 0 Å². The van der Waals surface area contributed by atoms with Crippen molar-refractivity contribution < 1.29 is 9.47 Å². The first-order chi connectivity index (χ1) is 8.36. The quantitative estimate of drug-likeness (QED) is 0.796. The molecule has 17 heavy (non-hydrogen) atoms. The minimum atomic E-state index is 0.391. The monoisotopic (exact) mass is 235 g/mol. The van der Waals surface area contributed by atoms with Crippen LogP contribution in [-0.4, -0.2) is 32.5 Å². The number of hydrogen-bond acceptors (Lipinski definition) is 3. The van der Waals surface area contributed by atoms with Crippen LogP contribution in [0.4, 0.5) is 5.69 Å². The van der Waals surface area contributed by atoms with Gasteiger partial charge in [0.15, 0.2) is 0 Å². The predicted octanol–water partition coefficient (Wildman–Crippen LogP) is 2.60. The van der Waals surface area contributed by atoms with E-state index in [-0.39, 0.29) is 0 Å². The molecule has 94 valence electrons. The van der Waals surface area contributed by atoms with Crippen LogP contribution >= 0.6 is 0 Å². The second-order valence-corrected chi connectivity index (χ2v) is 4.42. The van der Waals surface area contributed by atoms with E-state index in [1.54, 1.807) is 0 Å². The Hall–Kier alpha value is -1.06. The van der Waals surface area contributed by atoms with Gasteiger partial charge in [-0.2, -0.15) is 0 Å². The fourth-order valence-corrected chi connectivity index (χ4v) is 2.03. The molecule has 0 bridgehead atoms. The molecule has 0 saturated carbocycles. The van der Waals surface area contributed by atoms with Gasteiger partial charge in [0.2, 0.25) is 0 Å². The highest BCUT2D eigenvalue weighted by atomic mass is 16.5. The molecule has 0 amide bonds. The Balaban J connectivity index is 1.64. The molecule has 1 saturated heterocycles. The summed E-state index contributed by atoms with van der Waals surface area (Å²) in [4.78, 5) is 0. The number of para-hydroxylation sites is 1. The van der Waals surface area contributed by atoms with Crippen LogP contribution in [0.5, 0.6) is 0 Å². The summed E-state index contributed by atoms with van der Waals surface area (Å²) >= 11 is 0. The van der Waals surface area contributed by atoms with Crippen LogP contribution < -0.4 is 5.32 Å². The Morgan fingerprint density at radius 3 is 2.82 bits per heavy atom. The SMILES string of the molecule is Cc1ccccc1NCCOC1CCOCC1. The molecular formula is C14H21NO2. The smallest absolute Gasteiger partial charge is 0.0642 e. The third-order valence-electron chi connectivity index (χ3n) is 3.08. The average molecular weight is 235 g/mol. The molecule has 1 N–H and O–H groups in total. The van der Waals surface area contributed by atoms with E-state index in [9.17, 15) is 0 Å². The first-order valence-electron chi connectivity index (χ1n) is 6.35. The zero-order chi connectivity index (χ0) is 11.9. The average Bonchev–Trinajstić information content (AvgIpc) is 2.38. The molecule has 1 aromatic carbocycles. The van der Waals surface area contributed by atoms with Crippen molar-refractivity contribution in [3.8, 4) is 0 Å². The highest BCUT2D eigenvalue weighted by molar-refractivity contribution is 5.50. The number of aryl methyl sites for hydroxylation is 1. The highest BCUT2D eigenvalue weighted by Crippen LogP contribution is 2.13. The van der Waals surface area contributed by atoms with Crippen LogP contribution in [0.1, 0.15) is 18.4 Å². The summed E-state index contributed by atoms with van der Waals surface area (Å²) in [7, 11) is 0. The van der Waals surface area contributed by atoms with E-state index < -0.39 is 0 Å². The van der Waals surface area contributed by atoms with E-state index in [1.807, 2.05) is 0 Å². The Labute approximate surface area is 103 Å². The summed E-state index contributed by atoms with van der Waals surface area (Å²) in [6.45, 7) is 5.43. The maximum Gasteiger partial charge on any atom is 0.0642 e. The Kier molecular flexibility index (Phi) is 4.83. The van der Waals surface area contributed by atoms with Crippen molar-refractivity contribution in [2.24, 2.45) is 0 Å². The minimum Gasteiger partial charge on any atom is -0.383 e. The molecular weight excluding hydrogens is 214 g/mol. The zero-order valence-corrected chi connectivity index (χ0v) is 10.4. The second-order valence-electron chi connectivity index (χ2n) is 4.42. The van der Waals surface area contributed by atoms with Gasteiger partial charge in [-0.15, -0.1) is 0 Å². The van der Waals surface area contributed by atoms with Gasteiger partial charge in [-0.1, -0.05) is 18.2 Å². The van der Waals surface area contributed by atoms with E-state index in [2.05, 4.69) is 36.5 Å². The number of ether oxygens (including phenoxy) is 2. The zero-order valence-electron chi connectivity index (χ0n) is 10.4. The van der Waals surface area contributed by atoms with Gasteiger partial charge < -0.3 is 14.8 Å². The summed E-state index contributed by atoms with van der Waals surface area (Å²) in [5.74, 6) is 0. The third kappa shape index (κ3) is 4.02. The lowest BCUT2D eigenvalue weighted by Crippen LogP contribution is -2.25. The molecule has 0 aliphatic carbocycles. The van der Waals surface area contributed by atoms with Gasteiger partial charge in [-0.25, -0.2) is 0 Å². The number of benzene rings is 1. The molecule has 0 aromatic heterocycles. The maximum atomic E-state index is 5.80. The maximum absolute atomic E-state index is 5.80. The molecule has 1 fully saturated rings. The van der Waals surface area contributed by atoms with Gasteiger partial charge in [0.25, 0.3) is 0 Å². The highest BCUT2D eigenvalue weighted by Gasteiger charge is 2.13. The summed E-state index contributed by atoms with van der Waals surface area (Å²) in [6, 6.07) is 8.32. The predicted molar refractivity (Wildman–Crippen MR) is 69.5 cm³/mol. The molecule has 3 nitrogen and oxygen atoms in total. The van der Waals surface area contributed by atoms with Gasteiger partial charge in [-0.3, -0.25) is 0 Å². The molecule has 2 rings (SSSR count). The van der Waals surface area contributed by atoms with Gasteiger partial charge in [-0.05, 0) is 31.4 Å². The lowest BCUT2D eigenvalue weighted by Gasteiger charge is -2.22. The number of anilines is 1. The summed E-state index contributed by atoms with van der Waals surface area (Å²) in [5.41, 5.74) is 2.47. The van der Waals surface area contributed by atoms with Crippen LogP contribution in [-0.2, 0) is 9.47 Å². The lowest BCUT2D eigenvalue weighted by atomic mass is 10.1. The normalized spacial score (nSPS) is 17.0. The Morgan fingerprint density at radius 1 is 1.29 bits per heavy atom. The first kappa shape index (κ1) is 12.4. The Bertz CT molecular complexity index is 335. The fourth-order valence-electron chi connectivity index (χ4n) is 2.03. The van der Waals surface area contributed by atoms with Crippen LogP contribution in [0.3, 0.4) is 0 Å². The molecule has 0 atom stereocenters. The van der Waals surface area contributed by atoms with E-state index in [0.717, 1.165) is 39.2 Å². The van der Waals surface area contributed by atoms with Crippen LogP contribution in [0.25, 0.3) is 0 Å². The summed E-state index contributed by atoms with van der Waals surface area (Å²) in [5, 5.41) is 3.40. The van der Waals surface area contributed by atoms with Gasteiger partial charge in [0, 0.05) is 25.4 Å². The van der Waals surface area contributed by atoms with Gasteiger partial charge >= 0.3 is 0 Å². The van der Waals surface area contributed by atoms with Crippen molar-refractivity contribution in [1.29, 1.82) is 0 Å². The topological polar surface area (TPSA) is 30.5 Å². The molecule has 0 spiro atoms. The van der Waals surface area contributed by atoms with E-state index in [4.69, 9.17) is 9.47 Å². The molecule has 1 aliphatic rings. The van der Waals surface area contributed by atoms with Crippen LogP contribution in [0.15, 0.2) is 24.3 Å². The second kappa shape index (κ2) is 6.62. The fraction of sp³-hybridized carbons (Fsp3) is 0.571. The summed E-state index contributed by atoms with van der Waals surface area (Å²) in [6.07, 6.45) is 2.46. The molecule has 0 unspecified atom stereocenters. The van der Waals surface area contributed by atoms with Crippen molar-refractivity contribution in [2.75, 3.05) is 31.7 Å². The third-order valence-corrected chi connectivity index (χ3v) is 3.08. The van der Waals surface area contributed by atoms with Crippen molar-refractivity contribution in [2.45, 2.75) is 25.9 Å². The van der Waals surface area contributed by atoms with E-state index >= 15 is 0 Å². The van der Waals surface area contributed by atoms with E-state index in [0.29, 0.717) is 6.10 Å². The molecule has 1 aliphatic heterocycles. The largest absolute Gasteiger partial charge is 0.383 e. The van der Waals surface area contributed by atoms with Gasteiger partial charge in [0.05, 0.1) is 12.7 Å². The number of rotatable bonds is 5. The molecule has 3 heteroatoms. The minimum absolute atomic E-state index is 0.391. The van der Waals surface area contributed by atoms with Crippen molar-refractivity contribution in [3.63, 3.8) is 0 Å². The number of nitrogens with one attached hydrogen (secondary N) is 1. The standard InChI is InChI=1S/C14H21NO2/c1-12-4-2-3-5-14(12)15-8-11-17-13-6-9-16-10-7-13/h2-5,13,15H,6-11H2,1H3. The molecule has 1 heterocycles. The van der Waals surface area contributed by atoms with E-state index in [1.165, 1.54) is 11.3 Å². The molecule has 1 aromatic rings. The van der Waals surface area contributed by atoms with Gasteiger partial charge in [0.1, 0.15) is 0 Å². The Morgan fingerprint density at radius 2 is 2.06 bits per heavy atom. The lowest BCUT2D eigenvalue weighted by molar-refractivity contribution is -0.0283. The molecule has 0 radical (unpaired) electrons. The first-order valence-corrected chi connectivity index (χ1v) is 6.35. The van der Waals surface area contributed by atoms with Crippen molar-refractivity contribution >= 4 is 5.69 Å². The number of hydrogen-bond donors (Lipinski definition) is 1. The van der Waals surface area contributed by atoms with Crippen LogP contribution in [0, 0.1) is 6.92 Å².